The van der Waals surface area contributed by atoms with E-state index in [-0.39, 0.29) is 5.91 Å². The standard InChI is InChI=1S/C20H22N4O/c1-23-13-19(22-14-23)20(25)24-10-4-5-15(12-24)11-16-8-9-21-18-7-3-2-6-17(16)18/h2-3,6-9,13-15H,4-5,10-12H2,1H3/t15-/m1/s1. The highest BCUT2D eigenvalue weighted by molar-refractivity contribution is 5.92. The lowest BCUT2D eigenvalue weighted by Crippen LogP contribution is -2.40. The Morgan fingerprint density at radius 1 is 1.24 bits per heavy atom. The summed E-state index contributed by atoms with van der Waals surface area (Å²) in [7, 11) is 1.89. The van der Waals surface area contributed by atoms with Gasteiger partial charge in [0.1, 0.15) is 5.69 Å². The van der Waals surface area contributed by atoms with Crippen LogP contribution in [0.1, 0.15) is 28.9 Å². The van der Waals surface area contributed by atoms with Crippen molar-refractivity contribution in [3.63, 3.8) is 0 Å². The Labute approximate surface area is 147 Å². The molecule has 0 N–H and O–H groups in total. The Bertz CT molecular complexity index is 896. The van der Waals surface area contributed by atoms with E-state index >= 15 is 0 Å². The lowest BCUT2D eigenvalue weighted by atomic mass is 9.90. The maximum absolute atomic E-state index is 12.7. The van der Waals surface area contributed by atoms with Crippen LogP contribution in [0.15, 0.2) is 49.1 Å². The summed E-state index contributed by atoms with van der Waals surface area (Å²) in [5.74, 6) is 0.525. The number of fused-ring (bicyclic) bond motifs is 1. The summed E-state index contributed by atoms with van der Waals surface area (Å²) in [4.78, 5) is 23.3. The van der Waals surface area contributed by atoms with Gasteiger partial charge in [0.05, 0.1) is 11.8 Å². The van der Waals surface area contributed by atoms with Crippen molar-refractivity contribution >= 4 is 16.8 Å². The number of imidazole rings is 1. The van der Waals surface area contributed by atoms with E-state index in [1.54, 1.807) is 12.5 Å². The van der Waals surface area contributed by atoms with E-state index in [9.17, 15) is 4.79 Å². The third kappa shape index (κ3) is 3.27. The molecule has 1 atom stereocenters. The zero-order valence-corrected chi connectivity index (χ0v) is 14.4. The number of aryl methyl sites for hydroxylation is 1. The fraction of sp³-hybridized carbons (Fsp3) is 0.350. The molecule has 1 amide bonds. The van der Waals surface area contributed by atoms with Crippen molar-refractivity contribution in [3.05, 3.63) is 60.3 Å². The van der Waals surface area contributed by atoms with Gasteiger partial charge in [-0.2, -0.15) is 0 Å². The zero-order valence-electron chi connectivity index (χ0n) is 14.4. The number of carbonyl (C=O) groups excluding carboxylic acids is 1. The number of carbonyl (C=O) groups is 1. The number of pyridine rings is 1. The molecule has 1 aliphatic heterocycles. The van der Waals surface area contributed by atoms with Crippen molar-refractivity contribution in [1.29, 1.82) is 0 Å². The van der Waals surface area contributed by atoms with Gasteiger partial charge >= 0.3 is 0 Å². The van der Waals surface area contributed by atoms with Crippen LogP contribution in [0.4, 0.5) is 0 Å². The fourth-order valence-corrected chi connectivity index (χ4v) is 3.75. The SMILES string of the molecule is Cn1cnc(C(=O)N2CCC[C@H](Cc3ccnc4ccccc34)C2)c1. The summed E-state index contributed by atoms with van der Waals surface area (Å²) < 4.78 is 1.82. The predicted molar refractivity (Wildman–Crippen MR) is 97.3 cm³/mol. The minimum absolute atomic E-state index is 0.0462. The van der Waals surface area contributed by atoms with E-state index in [0.29, 0.717) is 11.6 Å². The zero-order chi connectivity index (χ0) is 17.2. The van der Waals surface area contributed by atoms with Crippen LogP contribution in [0.25, 0.3) is 10.9 Å². The van der Waals surface area contributed by atoms with Gasteiger partial charge in [-0.1, -0.05) is 18.2 Å². The summed E-state index contributed by atoms with van der Waals surface area (Å²) in [6.07, 6.45) is 8.54. The highest BCUT2D eigenvalue weighted by atomic mass is 16.2. The second-order valence-electron chi connectivity index (χ2n) is 6.88. The van der Waals surface area contributed by atoms with E-state index in [1.165, 1.54) is 10.9 Å². The van der Waals surface area contributed by atoms with Crippen LogP contribution in [0.2, 0.25) is 0 Å². The molecule has 25 heavy (non-hydrogen) atoms. The van der Waals surface area contributed by atoms with Crippen molar-refractivity contribution < 1.29 is 4.79 Å². The van der Waals surface area contributed by atoms with Crippen molar-refractivity contribution in [1.82, 2.24) is 19.4 Å². The molecule has 0 unspecified atom stereocenters. The van der Waals surface area contributed by atoms with Crippen LogP contribution in [0.5, 0.6) is 0 Å². The van der Waals surface area contributed by atoms with Crippen LogP contribution in [0, 0.1) is 5.92 Å². The molecule has 0 bridgehead atoms. The number of benzene rings is 1. The van der Waals surface area contributed by atoms with Gasteiger partial charge < -0.3 is 9.47 Å². The molecule has 3 aromatic rings. The molecule has 3 heterocycles. The third-order valence-corrected chi connectivity index (χ3v) is 4.98. The number of hydrogen-bond donors (Lipinski definition) is 0. The Hall–Kier alpha value is -2.69. The Morgan fingerprint density at radius 2 is 2.12 bits per heavy atom. The Kier molecular flexibility index (Phi) is 4.22. The van der Waals surface area contributed by atoms with Gasteiger partial charge in [0.15, 0.2) is 0 Å². The quantitative estimate of drug-likeness (QED) is 0.740. The monoisotopic (exact) mass is 334 g/mol. The van der Waals surface area contributed by atoms with Gasteiger partial charge in [0, 0.05) is 37.9 Å². The molecule has 1 fully saturated rings. The summed E-state index contributed by atoms with van der Waals surface area (Å²) in [5.41, 5.74) is 2.90. The second kappa shape index (κ2) is 6.67. The molecule has 1 saturated heterocycles. The Balaban J connectivity index is 1.50. The number of hydrogen-bond acceptors (Lipinski definition) is 3. The normalized spacial score (nSPS) is 17.8. The lowest BCUT2D eigenvalue weighted by molar-refractivity contribution is 0.0668. The van der Waals surface area contributed by atoms with E-state index in [1.807, 2.05) is 28.8 Å². The topological polar surface area (TPSA) is 51.0 Å². The van der Waals surface area contributed by atoms with Gasteiger partial charge in [0.2, 0.25) is 0 Å². The van der Waals surface area contributed by atoms with Gasteiger partial charge in [-0.15, -0.1) is 0 Å². The maximum atomic E-state index is 12.7. The molecule has 0 aliphatic carbocycles. The number of rotatable bonds is 3. The number of para-hydroxylation sites is 1. The minimum Gasteiger partial charge on any atom is -0.340 e. The molecule has 0 spiro atoms. The highest BCUT2D eigenvalue weighted by Gasteiger charge is 2.26. The van der Waals surface area contributed by atoms with Crippen molar-refractivity contribution in [2.75, 3.05) is 13.1 Å². The summed E-state index contributed by atoms with van der Waals surface area (Å²) in [6.45, 7) is 1.62. The Morgan fingerprint density at radius 3 is 2.96 bits per heavy atom. The number of amides is 1. The van der Waals surface area contributed by atoms with Gasteiger partial charge in [0.25, 0.3) is 5.91 Å². The van der Waals surface area contributed by atoms with E-state index in [4.69, 9.17) is 0 Å². The number of piperidine rings is 1. The molecule has 5 nitrogen and oxygen atoms in total. The largest absolute Gasteiger partial charge is 0.340 e. The summed E-state index contributed by atoms with van der Waals surface area (Å²) in [6, 6.07) is 10.4. The number of nitrogens with zero attached hydrogens (tertiary/aromatic N) is 4. The van der Waals surface area contributed by atoms with Crippen molar-refractivity contribution in [2.45, 2.75) is 19.3 Å². The first-order valence-corrected chi connectivity index (χ1v) is 8.80. The van der Waals surface area contributed by atoms with Crippen LogP contribution >= 0.6 is 0 Å². The minimum atomic E-state index is 0.0462. The molecule has 2 aromatic heterocycles. The van der Waals surface area contributed by atoms with E-state index in [2.05, 4.69) is 34.2 Å². The summed E-state index contributed by atoms with van der Waals surface area (Å²) in [5, 5.41) is 1.22. The first kappa shape index (κ1) is 15.8. The first-order valence-electron chi connectivity index (χ1n) is 8.80. The molecular weight excluding hydrogens is 312 g/mol. The van der Waals surface area contributed by atoms with Crippen molar-refractivity contribution in [3.8, 4) is 0 Å². The molecule has 4 rings (SSSR count). The lowest BCUT2D eigenvalue weighted by Gasteiger charge is -2.32. The molecule has 128 valence electrons. The smallest absolute Gasteiger partial charge is 0.274 e. The van der Waals surface area contributed by atoms with Crippen LogP contribution in [0.3, 0.4) is 0 Å². The average Bonchev–Trinajstić information content (AvgIpc) is 3.08. The second-order valence-corrected chi connectivity index (χ2v) is 6.88. The average molecular weight is 334 g/mol. The highest BCUT2D eigenvalue weighted by Crippen LogP contribution is 2.25. The summed E-state index contributed by atoms with van der Waals surface area (Å²) >= 11 is 0. The maximum Gasteiger partial charge on any atom is 0.274 e. The van der Waals surface area contributed by atoms with Crippen molar-refractivity contribution in [2.24, 2.45) is 13.0 Å². The third-order valence-electron chi connectivity index (χ3n) is 4.98. The molecule has 1 aliphatic rings. The molecule has 5 heteroatoms. The number of aromatic nitrogens is 3. The van der Waals surface area contributed by atoms with E-state index < -0.39 is 0 Å². The molecule has 1 aromatic carbocycles. The first-order chi connectivity index (χ1) is 12.2. The van der Waals surface area contributed by atoms with E-state index in [0.717, 1.165) is 37.9 Å². The predicted octanol–water partition coefficient (Wildman–Crippen LogP) is 3.06. The van der Waals surface area contributed by atoms with Gasteiger partial charge in [-0.3, -0.25) is 9.78 Å². The molecular formula is C20H22N4O. The van der Waals surface area contributed by atoms with Crippen LogP contribution < -0.4 is 0 Å². The number of likely N-dealkylation sites (tertiary alicyclic amines) is 1. The van der Waals surface area contributed by atoms with Crippen LogP contribution in [-0.2, 0) is 13.5 Å². The molecule has 0 radical (unpaired) electrons. The molecule has 0 saturated carbocycles. The fourth-order valence-electron chi connectivity index (χ4n) is 3.75. The van der Waals surface area contributed by atoms with Gasteiger partial charge in [-0.25, -0.2) is 4.98 Å². The van der Waals surface area contributed by atoms with Gasteiger partial charge in [-0.05, 0) is 42.9 Å². The van der Waals surface area contributed by atoms with Crippen LogP contribution in [-0.4, -0.2) is 38.4 Å².